The number of para-hydroxylation sites is 2. The lowest BCUT2D eigenvalue weighted by atomic mass is 10.2. The number of nitrogens with one attached hydrogen (secondary N) is 1. The van der Waals surface area contributed by atoms with Gasteiger partial charge >= 0.3 is 6.09 Å². The Kier molecular flexibility index (Phi) is 3.79. The first-order valence-corrected chi connectivity index (χ1v) is 8.13. The lowest BCUT2D eigenvalue weighted by molar-refractivity contribution is 0.215. The van der Waals surface area contributed by atoms with E-state index in [1.807, 2.05) is 53.1 Å². The minimum absolute atomic E-state index is 0.466. The molecule has 1 N–H and O–H groups in total. The van der Waals surface area contributed by atoms with Crippen LogP contribution < -0.4 is 10.1 Å². The molecule has 0 spiro atoms. The molecular formula is C20H18N2O2. The average molecular weight is 318 g/mol. The molecule has 0 unspecified atom stereocenters. The van der Waals surface area contributed by atoms with Crippen LogP contribution in [0.3, 0.4) is 0 Å². The molecule has 1 aliphatic carbocycles. The fraction of sp³-hybridized carbons (Fsp3) is 0.150. The van der Waals surface area contributed by atoms with Gasteiger partial charge in [-0.15, -0.1) is 0 Å². The van der Waals surface area contributed by atoms with Crippen molar-refractivity contribution >= 4 is 11.9 Å². The molecular weight excluding hydrogens is 300 g/mol. The minimum Gasteiger partial charge on any atom is -0.410 e. The quantitative estimate of drug-likeness (QED) is 0.768. The molecule has 4 rings (SSSR count). The van der Waals surface area contributed by atoms with Gasteiger partial charge in [0.05, 0.1) is 0 Å². The van der Waals surface area contributed by atoms with E-state index in [0.29, 0.717) is 5.75 Å². The minimum atomic E-state index is -0.466. The SMILES string of the molecule is O=C(Nc1c2c(cn1-c1ccccc1)CCC2)Oc1ccccc1. The third-order valence-electron chi connectivity index (χ3n) is 4.28. The summed E-state index contributed by atoms with van der Waals surface area (Å²) in [5, 5.41) is 2.94. The molecule has 0 fully saturated rings. The van der Waals surface area contributed by atoms with E-state index in [2.05, 4.69) is 11.5 Å². The zero-order valence-corrected chi connectivity index (χ0v) is 13.2. The molecule has 3 aromatic rings. The Morgan fingerprint density at radius 3 is 2.42 bits per heavy atom. The van der Waals surface area contributed by atoms with Gasteiger partial charge < -0.3 is 9.30 Å². The van der Waals surface area contributed by atoms with Gasteiger partial charge in [0.25, 0.3) is 0 Å². The molecule has 0 saturated heterocycles. The van der Waals surface area contributed by atoms with E-state index in [1.54, 1.807) is 12.1 Å². The molecule has 4 heteroatoms. The second-order valence-corrected chi connectivity index (χ2v) is 5.87. The van der Waals surface area contributed by atoms with Gasteiger partial charge in [-0.05, 0) is 54.7 Å². The number of hydrogen-bond donors (Lipinski definition) is 1. The van der Waals surface area contributed by atoms with Crippen LogP contribution in [0.15, 0.2) is 66.9 Å². The molecule has 0 aliphatic heterocycles. The van der Waals surface area contributed by atoms with Crippen molar-refractivity contribution < 1.29 is 9.53 Å². The summed E-state index contributed by atoms with van der Waals surface area (Å²) >= 11 is 0. The number of rotatable bonds is 3. The second kappa shape index (κ2) is 6.24. The summed E-state index contributed by atoms with van der Waals surface area (Å²) in [7, 11) is 0. The molecule has 4 nitrogen and oxygen atoms in total. The van der Waals surface area contributed by atoms with Crippen LogP contribution in [0, 0.1) is 0 Å². The highest BCUT2D eigenvalue weighted by molar-refractivity contribution is 5.87. The van der Waals surface area contributed by atoms with Crippen molar-refractivity contribution in [1.82, 2.24) is 4.57 Å². The normalized spacial score (nSPS) is 12.7. The summed E-state index contributed by atoms with van der Waals surface area (Å²) in [6.45, 7) is 0. The van der Waals surface area contributed by atoms with Crippen LogP contribution in [0.5, 0.6) is 5.75 Å². The highest BCUT2D eigenvalue weighted by Gasteiger charge is 2.22. The van der Waals surface area contributed by atoms with Crippen LogP contribution in [-0.4, -0.2) is 10.7 Å². The van der Waals surface area contributed by atoms with Gasteiger partial charge in [0, 0.05) is 11.9 Å². The van der Waals surface area contributed by atoms with Crippen LogP contribution in [0.2, 0.25) is 0 Å². The molecule has 1 aromatic heterocycles. The van der Waals surface area contributed by atoms with E-state index in [4.69, 9.17) is 4.74 Å². The molecule has 0 bridgehead atoms. The van der Waals surface area contributed by atoms with Crippen LogP contribution in [0.25, 0.3) is 5.69 Å². The summed E-state index contributed by atoms with van der Waals surface area (Å²) in [6.07, 6.45) is 4.82. The molecule has 0 atom stereocenters. The third kappa shape index (κ3) is 2.78. The van der Waals surface area contributed by atoms with Crippen molar-refractivity contribution in [2.24, 2.45) is 0 Å². The summed E-state index contributed by atoms with van der Waals surface area (Å²) in [4.78, 5) is 12.3. The Balaban J connectivity index is 1.63. The Morgan fingerprint density at radius 2 is 1.67 bits per heavy atom. The standard InChI is InChI=1S/C20H18N2O2/c23-20(24-17-11-5-2-6-12-17)21-19-18-13-7-8-15(18)14-22(19)16-9-3-1-4-10-16/h1-6,9-12,14H,7-8,13H2,(H,21,23). The summed E-state index contributed by atoms with van der Waals surface area (Å²) < 4.78 is 7.41. The fourth-order valence-electron chi connectivity index (χ4n) is 3.19. The van der Waals surface area contributed by atoms with E-state index in [0.717, 1.165) is 30.8 Å². The van der Waals surface area contributed by atoms with Crippen molar-refractivity contribution in [3.8, 4) is 11.4 Å². The molecule has 24 heavy (non-hydrogen) atoms. The summed E-state index contributed by atoms with van der Waals surface area (Å²) in [5.74, 6) is 1.35. The number of aryl methyl sites for hydroxylation is 1. The molecule has 0 saturated carbocycles. The van der Waals surface area contributed by atoms with Gasteiger partial charge in [0.1, 0.15) is 11.6 Å². The Labute approximate surface area is 140 Å². The predicted octanol–water partition coefficient (Wildman–Crippen LogP) is 4.58. The van der Waals surface area contributed by atoms with Gasteiger partial charge in [-0.1, -0.05) is 36.4 Å². The van der Waals surface area contributed by atoms with Gasteiger partial charge in [0.2, 0.25) is 0 Å². The van der Waals surface area contributed by atoms with Crippen LogP contribution in [0.1, 0.15) is 17.5 Å². The maximum Gasteiger partial charge on any atom is 0.418 e. The molecule has 0 radical (unpaired) electrons. The smallest absolute Gasteiger partial charge is 0.410 e. The molecule has 120 valence electrons. The first kappa shape index (κ1) is 14.6. The van der Waals surface area contributed by atoms with Crippen molar-refractivity contribution in [3.05, 3.63) is 78.0 Å². The number of carbonyl (C=O) groups excluding carboxylic acids is 1. The second-order valence-electron chi connectivity index (χ2n) is 5.87. The van der Waals surface area contributed by atoms with E-state index < -0.39 is 6.09 Å². The Morgan fingerprint density at radius 1 is 0.958 bits per heavy atom. The molecule has 1 heterocycles. The number of fused-ring (bicyclic) bond motifs is 1. The lowest BCUT2D eigenvalue weighted by Crippen LogP contribution is -2.19. The average Bonchev–Trinajstić information content (AvgIpc) is 3.19. The number of carbonyl (C=O) groups is 1. The number of anilines is 1. The van der Waals surface area contributed by atoms with Crippen molar-refractivity contribution in [1.29, 1.82) is 0 Å². The van der Waals surface area contributed by atoms with Gasteiger partial charge in [-0.3, -0.25) is 5.32 Å². The van der Waals surface area contributed by atoms with Crippen LogP contribution in [0.4, 0.5) is 10.6 Å². The van der Waals surface area contributed by atoms with Crippen LogP contribution in [-0.2, 0) is 12.8 Å². The summed E-state index contributed by atoms with van der Waals surface area (Å²) in [5.41, 5.74) is 3.54. The van der Waals surface area contributed by atoms with Gasteiger partial charge in [-0.2, -0.15) is 0 Å². The largest absolute Gasteiger partial charge is 0.418 e. The zero-order chi connectivity index (χ0) is 16.4. The number of nitrogens with zero attached hydrogens (tertiary/aromatic N) is 1. The number of benzene rings is 2. The number of amides is 1. The fourth-order valence-corrected chi connectivity index (χ4v) is 3.19. The van der Waals surface area contributed by atoms with Crippen molar-refractivity contribution in [3.63, 3.8) is 0 Å². The summed E-state index contributed by atoms with van der Waals surface area (Å²) in [6, 6.07) is 19.1. The maximum atomic E-state index is 12.3. The van der Waals surface area contributed by atoms with Gasteiger partial charge in [-0.25, -0.2) is 4.79 Å². The number of hydrogen-bond acceptors (Lipinski definition) is 2. The lowest BCUT2D eigenvalue weighted by Gasteiger charge is -2.12. The number of aromatic nitrogens is 1. The van der Waals surface area contributed by atoms with E-state index >= 15 is 0 Å². The first-order valence-electron chi connectivity index (χ1n) is 8.13. The highest BCUT2D eigenvalue weighted by atomic mass is 16.6. The maximum absolute atomic E-state index is 12.3. The van der Waals surface area contributed by atoms with E-state index in [-0.39, 0.29) is 0 Å². The predicted molar refractivity (Wildman–Crippen MR) is 93.9 cm³/mol. The van der Waals surface area contributed by atoms with Crippen LogP contribution >= 0.6 is 0 Å². The number of ether oxygens (including phenoxy) is 1. The molecule has 2 aromatic carbocycles. The van der Waals surface area contributed by atoms with Gasteiger partial charge in [0.15, 0.2) is 0 Å². The monoisotopic (exact) mass is 318 g/mol. The van der Waals surface area contributed by atoms with Crippen molar-refractivity contribution in [2.45, 2.75) is 19.3 Å². The van der Waals surface area contributed by atoms with E-state index in [1.165, 1.54) is 11.1 Å². The topological polar surface area (TPSA) is 43.3 Å². The Hall–Kier alpha value is -3.01. The molecule has 1 aliphatic rings. The van der Waals surface area contributed by atoms with Crippen molar-refractivity contribution in [2.75, 3.05) is 5.32 Å². The third-order valence-corrected chi connectivity index (χ3v) is 4.28. The molecule has 1 amide bonds. The Bertz CT molecular complexity index is 854. The van der Waals surface area contributed by atoms with E-state index in [9.17, 15) is 4.79 Å². The first-order chi connectivity index (χ1) is 11.8. The zero-order valence-electron chi connectivity index (χ0n) is 13.2. The highest BCUT2D eigenvalue weighted by Crippen LogP contribution is 2.33.